The van der Waals surface area contributed by atoms with Crippen molar-refractivity contribution in [3.8, 4) is 11.5 Å². The lowest BCUT2D eigenvalue weighted by molar-refractivity contribution is -0.386. The first-order valence-electron chi connectivity index (χ1n) is 7.95. The van der Waals surface area contributed by atoms with Gasteiger partial charge in [0.25, 0.3) is 0 Å². The summed E-state index contributed by atoms with van der Waals surface area (Å²) in [7, 11) is 0. The van der Waals surface area contributed by atoms with Gasteiger partial charge in [-0.3, -0.25) is 14.9 Å². The van der Waals surface area contributed by atoms with Crippen molar-refractivity contribution in [2.24, 2.45) is 5.10 Å². The van der Waals surface area contributed by atoms with Gasteiger partial charge in [0, 0.05) is 17.0 Å². The maximum atomic E-state index is 12.1. The second-order valence-electron chi connectivity index (χ2n) is 5.42. The Balaban J connectivity index is 1.78. The van der Waals surface area contributed by atoms with Gasteiger partial charge in [-0.15, -0.1) is 0 Å². The van der Waals surface area contributed by atoms with Crippen LogP contribution in [0.2, 0.25) is 0 Å². The van der Waals surface area contributed by atoms with Crippen LogP contribution in [-0.4, -0.2) is 28.8 Å². The standard InChI is InChI=1S/C18H15N3O6/c1-2-26-15-8-11(7-13(17(15)22)21(24)25)10-19-20-18(23)16-9-12-5-3-4-6-14(12)27-16/h3-10,22H,2H2,1H3,(H,20,23)/b19-10+. The number of fused-ring (bicyclic) bond motifs is 1. The normalized spacial score (nSPS) is 11.0. The minimum atomic E-state index is -0.734. The van der Waals surface area contributed by atoms with E-state index in [1.165, 1.54) is 12.3 Å². The number of hydrazone groups is 1. The van der Waals surface area contributed by atoms with Gasteiger partial charge in [-0.1, -0.05) is 18.2 Å². The number of carbonyl (C=O) groups excluding carboxylic acids is 1. The molecule has 27 heavy (non-hydrogen) atoms. The number of nitro groups is 1. The second kappa shape index (κ2) is 7.56. The highest BCUT2D eigenvalue weighted by atomic mass is 16.6. The monoisotopic (exact) mass is 369 g/mol. The predicted octanol–water partition coefficient (Wildman–Crippen LogP) is 3.21. The van der Waals surface area contributed by atoms with Crippen molar-refractivity contribution in [3.05, 3.63) is 63.9 Å². The lowest BCUT2D eigenvalue weighted by Gasteiger charge is -2.07. The van der Waals surface area contributed by atoms with E-state index in [2.05, 4.69) is 10.5 Å². The van der Waals surface area contributed by atoms with Crippen LogP contribution in [0.4, 0.5) is 5.69 Å². The molecular weight excluding hydrogens is 354 g/mol. The highest BCUT2D eigenvalue weighted by Crippen LogP contribution is 2.36. The number of nitro benzene ring substituents is 1. The van der Waals surface area contributed by atoms with Crippen LogP contribution in [0.3, 0.4) is 0 Å². The first kappa shape index (κ1) is 17.9. The third-order valence-corrected chi connectivity index (χ3v) is 3.60. The fraction of sp³-hybridized carbons (Fsp3) is 0.111. The minimum absolute atomic E-state index is 0.0447. The van der Waals surface area contributed by atoms with Crippen LogP contribution in [0.15, 0.2) is 52.0 Å². The number of rotatable bonds is 6. The molecule has 9 nitrogen and oxygen atoms in total. The topological polar surface area (TPSA) is 127 Å². The Morgan fingerprint density at radius 1 is 1.37 bits per heavy atom. The number of hydrogen-bond donors (Lipinski definition) is 2. The lowest BCUT2D eigenvalue weighted by Crippen LogP contribution is -2.16. The third-order valence-electron chi connectivity index (χ3n) is 3.60. The molecule has 1 amide bonds. The Morgan fingerprint density at radius 2 is 2.15 bits per heavy atom. The van der Waals surface area contributed by atoms with Gasteiger partial charge < -0.3 is 14.3 Å². The van der Waals surface area contributed by atoms with Gasteiger partial charge in [-0.2, -0.15) is 5.10 Å². The molecule has 2 aromatic carbocycles. The molecule has 0 saturated carbocycles. The van der Waals surface area contributed by atoms with Crippen LogP contribution in [0.1, 0.15) is 23.0 Å². The number of ether oxygens (including phenoxy) is 1. The number of para-hydroxylation sites is 1. The molecule has 1 heterocycles. The minimum Gasteiger partial charge on any atom is -0.500 e. The summed E-state index contributed by atoms with van der Waals surface area (Å²) in [5.41, 5.74) is 2.61. The van der Waals surface area contributed by atoms with E-state index in [1.807, 2.05) is 12.1 Å². The predicted molar refractivity (Wildman–Crippen MR) is 97.2 cm³/mol. The molecule has 0 aliphatic carbocycles. The van der Waals surface area contributed by atoms with Crippen molar-refractivity contribution in [1.82, 2.24) is 5.43 Å². The summed E-state index contributed by atoms with van der Waals surface area (Å²) in [4.78, 5) is 22.4. The number of aromatic hydroxyl groups is 1. The summed E-state index contributed by atoms with van der Waals surface area (Å²) in [6, 6.07) is 11.2. The molecule has 9 heteroatoms. The Bertz CT molecular complexity index is 1010. The molecule has 0 spiro atoms. The molecule has 0 radical (unpaired) electrons. The number of furan rings is 1. The molecule has 0 bridgehead atoms. The molecule has 0 aliphatic rings. The summed E-state index contributed by atoms with van der Waals surface area (Å²) in [6.45, 7) is 1.90. The Hall–Kier alpha value is -3.88. The van der Waals surface area contributed by atoms with Crippen LogP contribution < -0.4 is 10.2 Å². The van der Waals surface area contributed by atoms with Crippen molar-refractivity contribution in [2.45, 2.75) is 6.92 Å². The Morgan fingerprint density at radius 3 is 2.85 bits per heavy atom. The maximum Gasteiger partial charge on any atom is 0.315 e. The van der Waals surface area contributed by atoms with Gasteiger partial charge in [0.1, 0.15) is 5.58 Å². The number of benzene rings is 2. The van der Waals surface area contributed by atoms with E-state index in [0.717, 1.165) is 11.5 Å². The molecule has 3 rings (SSSR count). The lowest BCUT2D eigenvalue weighted by atomic mass is 10.2. The average Bonchev–Trinajstić information content (AvgIpc) is 3.08. The number of amides is 1. The van der Waals surface area contributed by atoms with E-state index in [9.17, 15) is 20.0 Å². The summed E-state index contributed by atoms with van der Waals surface area (Å²) in [5.74, 6) is -1.09. The van der Waals surface area contributed by atoms with E-state index in [4.69, 9.17) is 9.15 Å². The van der Waals surface area contributed by atoms with Crippen molar-refractivity contribution >= 4 is 28.8 Å². The van der Waals surface area contributed by atoms with Crippen molar-refractivity contribution in [1.29, 1.82) is 0 Å². The number of carbonyl (C=O) groups is 1. The summed E-state index contributed by atoms with van der Waals surface area (Å²) < 4.78 is 10.6. The SMILES string of the molecule is CCOc1cc(/C=N/NC(=O)c2cc3ccccc3o2)cc([N+](=O)[O-])c1O. The summed E-state index contributed by atoms with van der Waals surface area (Å²) in [5, 5.41) is 25.5. The molecular formula is C18H15N3O6. The van der Waals surface area contributed by atoms with Crippen molar-refractivity contribution < 1.29 is 24.0 Å². The quantitative estimate of drug-likeness (QED) is 0.390. The smallest absolute Gasteiger partial charge is 0.315 e. The largest absolute Gasteiger partial charge is 0.500 e. The zero-order chi connectivity index (χ0) is 19.4. The number of nitrogens with zero attached hydrogens (tertiary/aromatic N) is 2. The zero-order valence-electron chi connectivity index (χ0n) is 14.2. The zero-order valence-corrected chi connectivity index (χ0v) is 14.2. The number of nitrogens with one attached hydrogen (secondary N) is 1. The number of hydrogen-bond acceptors (Lipinski definition) is 7. The van der Waals surface area contributed by atoms with E-state index in [0.29, 0.717) is 5.58 Å². The first-order chi connectivity index (χ1) is 13.0. The highest BCUT2D eigenvalue weighted by Gasteiger charge is 2.19. The molecule has 1 aromatic heterocycles. The van der Waals surface area contributed by atoms with Crippen LogP contribution in [0, 0.1) is 10.1 Å². The van der Waals surface area contributed by atoms with Crippen molar-refractivity contribution in [2.75, 3.05) is 6.61 Å². The second-order valence-corrected chi connectivity index (χ2v) is 5.42. The summed E-state index contributed by atoms with van der Waals surface area (Å²) >= 11 is 0. The van der Waals surface area contributed by atoms with Crippen LogP contribution in [0.5, 0.6) is 11.5 Å². The van der Waals surface area contributed by atoms with Gasteiger partial charge in [0.15, 0.2) is 11.5 Å². The molecule has 138 valence electrons. The van der Waals surface area contributed by atoms with Gasteiger partial charge in [-0.05, 0) is 25.1 Å². The molecule has 3 aromatic rings. The van der Waals surface area contributed by atoms with E-state index in [1.54, 1.807) is 25.1 Å². The van der Waals surface area contributed by atoms with Gasteiger partial charge in [0.2, 0.25) is 5.75 Å². The maximum absolute atomic E-state index is 12.1. The fourth-order valence-electron chi connectivity index (χ4n) is 2.41. The van der Waals surface area contributed by atoms with Crippen LogP contribution >= 0.6 is 0 Å². The molecule has 0 aliphatic heterocycles. The van der Waals surface area contributed by atoms with E-state index < -0.39 is 22.3 Å². The molecule has 0 saturated heterocycles. The molecule has 2 N–H and O–H groups in total. The van der Waals surface area contributed by atoms with Crippen molar-refractivity contribution in [3.63, 3.8) is 0 Å². The Kier molecular flexibility index (Phi) is 5.02. The first-order valence-corrected chi connectivity index (χ1v) is 7.95. The summed E-state index contributed by atoms with van der Waals surface area (Å²) in [6.07, 6.45) is 1.20. The van der Waals surface area contributed by atoms with Crippen LogP contribution in [0.25, 0.3) is 11.0 Å². The number of phenolic OH excluding ortho intramolecular Hbond substituents is 1. The van der Waals surface area contributed by atoms with E-state index in [-0.39, 0.29) is 23.7 Å². The Labute approximate surface area is 153 Å². The molecule has 0 unspecified atom stereocenters. The van der Waals surface area contributed by atoms with Gasteiger partial charge >= 0.3 is 11.6 Å². The highest BCUT2D eigenvalue weighted by molar-refractivity contribution is 5.96. The third kappa shape index (κ3) is 3.87. The van der Waals surface area contributed by atoms with Crippen LogP contribution in [-0.2, 0) is 0 Å². The molecule has 0 atom stereocenters. The number of phenols is 1. The van der Waals surface area contributed by atoms with Gasteiger partial charge in [0.05, 0.1) is 17.7 Å². The van der Waals surface area contributed by atoms with Gasteiger partial charge in [-0.25, -0.2) is 5.43 Å². The molecule has 0 fully saturated rings. The fourth-order valence-corrected chi connectivity index (χ4v) is 2.41. The van der Waals surface area contributed by atoms with E-state index >= 15 is 0 Å². The average molecular weight is 369 g/mol.